The minimum Gasteiger partial charge on any atom is -0.426 e. The minimum atomic E-state index is -1.08. The standard InChI is InChI=1S/C48H61N5O10/c1-31(2)25-40(47(60)52-41(27-36-15-11-8-12-16-36)46(59)49-32(3)44(57)48(6)30-62-48)51-45(58)39(19-17-35-13-9-7-10-14-35)50-43(56)29-53(21-23-61-24-22-53)28-37-18-20-42(63-34(5)55)38(26-37)33(4)54/h7-16,18,20,26,31-32,39-41H,17,19,21-25,27-30H2,1-6H3,(H3-,49,50,51,52,56,58,59,60)/p+1/t32-,39-,40-,41-,48+/m0/s1. The summed E-state index contributed by atoms with van der Waals surface area (Å²) in [6.07, 6.45) is 1.05. The summed E-state index contributed by atoms with van der Waals surface area (Å²) in [5.41, 5.74) is 1.81. The Kier molecular flexibility index (Phi) is 16.9. The number of benzene rings is 3. The van der Waals surface area contributed by atoms with E-state index < -0.39 is 53.5 Å². The molecule has 0 spiro atoms. The highest BCUT2D eigenvalue weighted by atomic mass is 16.6. The first-order chi connectivity index (χ1) is 30.0. The SMILES string of the molecule is CC(=O)Oc1ccc(C[N+]2(CC(=O)N[C@@H](CCc3ccccc3)C(=O)N[C@@H](CC(C)C)C(=O)N[C@@H](Cc3ccccc3)C(=O)N[C@@H](C)C(=O)[C@@]3(C)CO3)CCOCC2)cc1C(C)=O. The van der Waals surface area contributed by atoms with Crippen molar-refractivity contribution in [2.75, 3.05) is 39.5 Å². The Labute approximate surface area is 369 Å². The van der Waals surface area contributed by atoms with Crippen LogP contribution in [-0.2, 0) is 57.6 Å². The number of morpholine rings is 1. The van der Waals surface area contributed by atoms with Gasteiger partial charge in [0, 0.05) is 18.9 Å². The number of carbonyl (C=O) groups is 7. The van der Waals surface area contributed by atoms with Crippen LogP contribution in [0, 0.1) is 5.92 Å². The van der Waals surface area contributed by atoms with Crippen LogP contribution in [0.15, 0.2) is 78.9 Å². The van der Waals surface area contributed by atoms with Crippen molar-refractivity contribution in [3.8, 4) is 5.75 Å². The third kappa shape index (κ3) is 14.4. The molecule has 2 aliphatic heterocycles. The lowest BCUT2D eigenvalue weighted by Gasteiger charge is -2.41. The summed E-state index contributed by atoms with van der Waals surface area (Å²) in [6, 6.07) is 19.7. The molecule has 338 valence electrons. The van der Waals surface area contributed by atoms with Crippen molar-refractivity contribution >= 4 is 41.2 Å². The molecule has 2 saturated heterocycles. The Morgan fingerprint density at radius 1 is 0.730 bits per heavy atom. The Balaban J connectivity index is 1.35. The molecule has 0 saturated carbocycles. The highest BCUT2D eigenvalue weighted by Crippen LogP contribution is 2.28. The quantitative estimate of drug-likeness (QED) is 0.0382. The van der Waals surface area contributed by atoms with Gasteiger partial charge in [0.2, 0.25) is 17.7 Å². The number of ketones is 2. The molecule has 3 aromatic rings. The van der Waals surface area contributed by atoms with E-state index in [1.165, 1.54) is 13.8 Å². The molecule has 0 bridgehead atoms. The number of Topliss-reactive ketones (excluding diaryl/α,β-unsaturated/α-hetero) is 2. The zero-order chi connectivity index (χ0) is 45.7. The van der Waals surface area contributed by atoms with Crippen LogP contribution in [0.25, 0.3) is 0 Å². The van der Waals surface area contributed by atoms with E-state index in [-0.39, 0.29) is 71.6 Å². The van der Waals surface area contributed by atoms with Gasteiger partial charge in [0.15, 0.2) is 18.1 Å². The summed E-state index contributed by atoms with van der Waals surface area (Å²) in [5, 5.41) is 11.5. The molecule has 4 N–H and O–H groups in total. The van der Waals surface area contributed by atoms with Crippen molar-refractivity contribution in [1.29, 1.82) is 0 Å². The zero-order valence-electron chi connectivity index (χ0n) is 37.2. The molecular weight excluding hydrogens is 807 g/mol. The number of aryl methyl sites for hydroxylation is 1. The molecule has 15 nitrogen and oxygen atoms in total. The monoisotopic (exact) mass is 868 g/mol. The van der Waals surface area contributed by atoms with E-state index >= 15 is 0 Å². The second-order valence-corrected chi connectivity index (χ2v) is 17.4. The minimum absolute atomic E-state index is 0.00202. The van der Waals surface area contributed by atoms with Crippen molar-refractivity contribution in [3.63, 3.8) is 0 Å². The van der Waals surface area contributed by atoms with Crippen LogP contribution < -0.4 is 26.0 Å². The van der Waals surface area contributed by atoms with Gasteiger partial charge in [-0.3, -0.25) is 33.6 Å². The number of epoxide rings is 1. The van der Waals surface area contributed by atoms with Crippen LogP contribution in [-0.4, -0.2) is 115 Å². The Morgan fingerprint density at radius 2 is 1.32 bits per heavy atom. The normalized spacial score (nSPS) is 18.5. The molecule has 3 aromatic carbocycles. The molecule has 2 aliphatic rings. The van der Waals surface area contributed by atoms with Crippen molar-refractivity contribution < 1.29 is 52.3 Å². The van der Waals surface area contributed by atoms with Crippen molar-refractivity contribution in [2.45, 2.75) is 104 Å². The maximum atomic E-state index is 14.4. The highest BCUT2D eigenvalue weighted by molar-refractivity contribution is 5.99. The van der Waals surface area contributed by atoms with Crippen molar-refractivity contribution in [3.05, 3.63) is 101 Å². The fourth-order valence-corrected chi connectivity index (χ4v) is 7.85. The third-order valence-electron chi connectivity index (χ3n) is 11.4. The molecule has 0 aliphatic carbocycles. The molecule has 5 rings (SSSR count). The third-order valence-corrected chi connectivity index (χ3v) is 11.4. The maximum absolute atomic E-state index is 14.4. The van der Waals surface area contributed by atoms with Crippen LogP contribution in [0.3, 0.4) is 0 Å². The van der Waals surface area contributed by atoms with Gasteiger partial charge in [-0.25, -0.2) is 0 Å². The summed E-state index contributed by atoms with van der Waals surface area (Å²) in [7, 11) is 0. The smallest absolute Gasteiger partial charge is 0.308 e. The first-order valence-corrected chi connectivity index (χ1v) is 21.7. The van der Waals surface area contributed by atoms with Gasteiger partial charge in [-0.05, 0) is 75.3 Å². The number of amides is 4. The van der Waals surface area contributed by atoms with E-state index in [0.717, 1.165) is 16.7 Å². The van der Waals surface area contributed by atoms with Gasteiger partial charge >= 0.3 is 5.97 Å². The summed E-state index contributed by atoms with van der Waals surface area (Å²) >= 11 is 0. The molecule has 2 heterocycles. The Bertz CT molecular complexity index is 2100. The summed E-state index contributed by atoms with van der Waals surface area (Å²) in [6.45, 7) is 12.1. The topological polar surface area (TPSA) is 199 Å². The van der Waals surface area contributed by atoms with Crippen LogP contribution in [0.4, 0.5) is 0 Å². The number of ether oxygens (including phenoxy) is 3. The van der Waals surface area contributed by atoms with Gasteiger partial charge in [-0.15, -0.1) is 0 Å². The highest BCUT2D eigenvalue weighted by Gasteiger charge is 2.49. The van der Waals surface area contributed by atoms with Crippen molar-refractivity contribution in [2.24, 2.45) is 5.92 Å². The average Bonchev–Trinajstić information content (AvgIpc) is 4.00. The van der Waals surface area contributed by atoms with Gasteiger partial charge in [-0.1, -0.05) is 74.5 Å². The first kappa shape index (κ1) is 48.3. The molecule has 0 aromatic heterocycles. The van der Waals surface area contributed by atoms with Gasteiger partial charge in [0.05, 0.1) is 31.4 Å². The largest absolute Gasteiger partial charge is 0.426 e. The number of hydrogen-bond donors (Lipinski definition) is 4. The predicted octanol–water partition coefficient (Wildman–Crippen LogP) is 3.40. The lowest BCUT2D eigenvalue weighted by molar-refractivity contribution is -0.940. The fraction of sp³-hybridized carbons (Fsp3) is 0.479. The van der Waals surface area contributed by atoms with E-state index in [2.05, 4.69) is 21.3 Å². The van der Waals surface area contributed by atoms with E-state index in [1.54, 1.807) is 32.0 Å². The summed E-state index contributed by atoms with van der Waals surface area (Å²) in [5.74, 6) is -3.05. The lowest BCUT2D eigenvalue weighted by Crippen LogP contribution is -2.61. The number of hydrogen-bond acceptors (Lipinski definition) is 10. The molecule has 0 radical (unpaired) electrons. The fourth-order valence-electron chi connectivity index (χ4n) is 7.85. The van der Waals surface area contributed by atoms with Crippen LogP contribution in [0.1, 0.15) is 81.4 Å². The average molecular weight is 869 g/mol. The maximum Gasteiger partial charge on any atom is 0.308 e. The number of nitrogens with zero attached hydrogens (tertiary/aromatic N) is 1. The Morgan fingerprint density at radius 3 is 1.90 bits per heavy atom. The molecular formula is C48H62N5O10+. The molecule has 5 atom stereocenters. The second-order valence-electron chi connectivity index (χ2n) is 17.4. The molecule has 63 heavy (non-hydrogen) atoms. The number of quaternary nitrogens is 1. The number of carbonyl (C=O) groups excluding carboxylic acids is 7. The summed E-state index contributed by atoms with van der Waals surface area (Å²) < 4.78 is 16.5. The van der Waals surface area contributed by atoms with Crippen LogP contribution in [0.5, 0.6) is 5.75 Å². The molecule has 0 unspecified atom stereocenters. The second kappa shape index (κ2) is 22.0. The van der Waals surface area contributed by atoms with E-state index in [1.807, 2.05) is 74.5 Å². The van der Waals surface area contributed by atoms with E-state index in [4.69, 9.17) is 14.2 Å². The summed E-state index contributed by atoms with van der Waals surface area (Å²) in [4.78, 5) is 93.7. The van der Waals surface area contributed by atoms with Crippen LogP contribution >= 0.6 is 0 Å². The molecule has 4 amide bonds. The molecule has 2 fully saturated rings. The van der Waals surface area contributed by atoms with Gasteiger partial charge in [0.25, 0.3) is 5.91 Å². The number of rotatable bonds is 22. The van der Waals surface area contributed by atoms with Crippen LogP contribution in [0.2, 0.25) is 0 Å². The van der Waals surface area contributed by atoms with E-state index in [0.29, 0.717) is 39.3 Å². The van der Waals surface area contributed by atoms with Crippen molar-refractivity contribution in [1.82, 2.24) is 21.3 Å². The zero-order valence-corrected chi connectivity index (χ0v) is 37.2. The predicted molar refractivity (Wildman–Crippen MR) is 234 cm³/mol. The van der Waals surface area contributed by atoms with Gasteiger partial charge in [-0.2, -0.15) is 0 Å². The first-order valence-electron chi connectivity index (χ1n) is 21.7. The lowest BCUT2D eigenvalue weighted by atomic mass is 9.99. The molecule has 15 heteroatoms. The van der Waals surface area contributed by atoms with Gasteiger partial charge in [0.1, 0.15) is 49.1 Å². The Hall–Kier alpha value is -5.77. The number of esters is 1. The van der Waals surface area contributed by atoms with Gasteiger partial charge < -0.3 is 40.0 Å². The number of nitrogens with one attached hydrogen (secondary N) is 4. The van der Waals surface area contributed by atoms with E-state index in [9.17, 15) is 33.6 Å².